The number of aromatic nitrogens is 1. The van der Waals surface area contributed by atoms with Crippen LogP contribution in [0.2, 0.25) is 0 Å². The minimum Gasteiger partial charge on any atom is -0.361 e. The highest BCUT2D eigenvalue weighted by Crippen LogP contribution is 2.15. The molecule has 2 aromatic rings. The maximum Gasteiger partial charge on any atom is 0.254 e. The van der Waals surface area contributed by atoms with Gasteiger partial charge in [-0.15, -0.1) is 0 Å². The van der Waals surface area contributed by atoms with Crippen molar-refractivity contribution in [1.29, 1.82) is 0 Å². The molecule has 1 aromatic heterocycles. The fourth-order valence-electron chi connectivity index (χ4n) is 1.44. The van der Waals surface area contributed by atoms with Crippen LogP contribution in [0.1, 0.15) is 21.8 Å². The van der Waals surface area contributed by atoms with Crippen LogP contribution < -0.4 is 5.32 Å². The third-order valence-corrected chi connectivity index (χ3v) is 2.77. The van der Waals surface area contributed by atoms with Gasteiger partial charge in [-0.3, -0.25) is 4.79 Å². The Morgan fingerprint density at radius 1 is 1.50 bits per heavy atom. The maximum absolute atomic E-state index is 13.4. The molecule has 0 saturated heterocycles. The molecule has 6 heteroatoms. The average Bonchev–Trinajstić information content (AvgIpc) is 2.75. The van der Waals surface area contributed by atoms with Gasteiger partial charge in [-0.2, -0.15) is 0 Å². The minimum absolute atomic E-state index is 0.00964. The molecule has 0 spiro atoms. The predicted octanol–water partition coefficient (Wildman–Crippen LogP) is 2.81. The van der Waals surface area contributed by atoms with E-state index < -0.39 is 11.7 Å². The molecule has 2 rings (SSSR count). The Balaban J connectivity index is 2.05. The van der Waals surface area contributed by atoms with E-state index in [2.05, 4.69) is 26.4 Å². The van der Waals surface area contributed by atoms with Crippen molar-refractivity contribution < 1.29 is 13.7 Å². The Bertz CT molecular complexity index is 583. The molecule has 1 N–H and O–H groups in total. The normalized spacial score (nSPS) is 10.4. The van der Waals surface area contributed by atoms with Gasteiger partial charge in [0, 0.05) is 10.5 Å². The van der Waals surface area contributed by atoms with Crippen molar-refractivity contribution in [3.63, 3.8) is 0 Å². The molecule has 1 amide bonds. The van der Waals surface area contributed by atoms with E-state index in [0.29, 0.717) is 15.9 Å². The fourth-order valence-corrected chi connectivity index (χ4v) is 1.80. The molecule has 0 unspecified atom stereocenters. The van der Waals surface area contributed by atoms with Crippen LogP contribution in [-0.2, 0) is 6.54 Å². The van der Waals surface area contributed by atoms with Gasteiger partial charge in [-0.25, -0.2) is 4.39 Å². The second-order valence-electron chi connectivity index (χ2n) is 3.74. The van der Waals surface area contributed by atoms with Gasteiger partial charge in [0.15, 0.2) is 0 Å². The Hall–Kier alpha value is -1.69. The third-order valence-electron chi connectivity index (χ3n) is 2.28. The van der Waals surface area contributed by atoms with E-state index >= 15 is 0 Å². The topological polar surface area (TPSA) is 55.1 Å². The molecule has 0 aliphatic rings. The highest BCUT2D eigenvalue weighted by molar-refractivity contribution is 9.10. The lowest BCUT2D eigenvalue weighted by Crippen LogP contribution is -2.24. The number of nitrogens with one attached hydrogen (secondary N) is 1. The van der Waals surface area contributed by atoms with E-state index in [0.717, 1.165) is 0 Å². The van der Waals surface area contributed by atoms with E-state index in [-0.39, 0.29) is 12.1 Å². The van der Waals surface area contributed by atoms with Gasteiger partial charge >= 0.3 is 0 Å². The van der Waals surface area contributed by atoms with Gasteiger partial charge in [0.2, 0.25) is 0 Å². The second-order valence-corrected chi connectivity index (χ2v) is 4.65. The van der Waals surface area contributed by atoms with Gasteiger partial charge in [0.25, 0.3) is 5.91 Å². The molecule has 0 fully saturated rings. The lowest BCUT2D eigenvalue weighted by molar-refractivity contribution is 0.0946. The van der Waals surface area contributed by atoms with E-state index in [1.54, 1.807) is 13.0 Å². The summed E-state index contributed by atoms with van der Waals surface area (Å²) in [5.74, 6) is -0.394. The van der Waals surface area contributed by atoms with Crippen molar-refractivity contribution >= 4 is 21.8 Å². The van der Waals surface area contributed by atoms with E-state index in [1.807, 2.05) is 0 Å². The molecule has 0 saturated carbocycles. The zero-order chi connectivity index (χ0) is 13.1. The molecule has 0 bridgehead atoms. The summed E-state index contributed by atoms with van der Waals surface area (Å²) in [6.07, 6.45) is 0. The van der Waals surface area contributed by atoms with E-state index in [1.165, 1.54) is 18.2 Å². The van der Waals surface area contributed by atoms with Gasteiger partial charge in [-0.05, 0) is 25.1 Å². The molecule has 4 nitrogen and oxygen atoms in total. The standard InChI is InChI=1S/C12H10BrFN2O2/c1-7-4-9(16-18-7)6-15-12(17)10-5-8(13)2-3-11(10)14/h2-5H,6H2,1H3,(H,15,17). The number of carbonyl (C=O) groups excluding carboxylic acids is 1. The SMILES string of the molecule is Cc1cc(CNC(=O)c2cc(Br)ccc2F)no1. The number of amides is 1. The van der Waals surface area contributed by atoms with Gasteiger partial charge in [0.1, 0.15) is 17.3 Å². The monoisotopic (exact) mass is 312 g/mol. The summed E-state index contributed by atoms with van der Waals surface area (Å²) in [6.45, 7) is 1.95. The van der Waals surface area contributed by atoms with E-state index in [9.17, 15) is 9.18 Å². The van der Waals surface area contributed by atoms with Crippen molar-refractivity contribution in [2.75, 3.05) is 0 Å². The summed E-state index contributed by atoms with van der Waals surface area (Å²) in [4.78, 5) is 11.8. The molecule has 1 heterocycles. The predicted molar refractivity (Wildman–Crippen MR) is 66.5 cm³/mol. The van der Waals surface area contributed by atoms with Gasteiger partial charge in [-0.1, -0.05) is 21.1 Å². The molecule has 0 radical (unpaired) electrons. The molecule has 94 valence electrons. The summed E-state index contributed by atoms with van der Waals surface area (Å²) >= 11 is 3.19. The molecular formula is C12H10BrFN2O2. The number of nitrogens with zero attached hydrogens (tertiary/aromatic N) is 1. The van der Waals surface area contributed by atoms with Crippen molar-refractivity contribution in [3.8, 4) is 0 Å². The highest BCUT2D eigenvalue weighted by atomic mass is 79.9. The van der Waals surface area contributed by atoms with Crippen LogP contribution in [0.5, 0.6) is 0 Å². The van der Waals surface area contributed by atoms with Crippen LogP contribution in [-0.4, -0.2) is 11.1 Å². The van der Waals surface area contributed by atoms with Crippen LogP contribution in [0.15, 0.2) is 33.3 Å². The number of hydrogen-bond donors (Lipinski definition) is 1. The summed E-state index contributed by atoms with van der Waals surface area (Å²) in [7, 11) is 0. The average molecular weight is 313 g/mol. The zero-order valence-electron chi connectivity index (χ0n) is 9.54. The van der Waals surface area contributed by atoms with Crippen molar-refractivity contribution in [3.05, 3.63) is 51.6 Å². The zero-order valence-corrected chi connectivity index (χ0v) is 11.1. The first kappa shape index (κ1) is 12.8. The van der Waals surface area contributed by atoms with Crippen molar-refractivity contribution in [1.82, 2.24) is 10.5 Å². The fraction of sp³-hybridized carbons (Fsp3) is 0.167. The lowest BCUT2D eigenvalue weighted by atomic mass is 10.2. The number of benzene rings is 1. The molecule has 0 atom stereocenters. The number of aryl methyl sites for hydroxylation is 1. The Labute approximate surface area is 111 Å². The number of carbonyl (C=O) groups is 1. The molecule has 1 aromatic carbocycles. The van der Waals surface area contributed by atoms with Gasteiger partial charge in [0.05, 0.1) is 12.1 Å². The number of hydrogen-bond acceptors (Lipinski definition) is 3. The summed E-state index contributed by atoms with van der Waals surface area (Å²) in [6, 6.07) is 5.91. The number of halogens is 2. The van der Waals surface area contributed by atoms with Crippen LogP contribution in [0.3, 0.4) is 0 Å². The minimum atomic E-state index is -0.563. The van der Waals surface area contributed by atoms with E-state index in [4.69, 9.17) is 4.52 Å². The number of rotatable bonds is 3. The third kappa shape index (κ3) is 2.95. The quantitative estimate of drug-likeness (QED) is 0.948. The Morgan fingerprint density at radius 3 is 2.94 bits per heavy atom. The Kier molecular flexibility index (Phi) is 3.76. The van der Waals surface area contributed by atoms with Crippen LogP contribution in [0.25, 0.3) is 0 Å². The highest BCUT2D eigenvalue weighted by Gasteiger charge is 2.12. The first-order valence-electron chi connectivity index (χ1n) is 5.21. The van der Waals surface area contributed by atoms with Gasteiger partial charge < -0.3 is 9.84 Å². The maximum atomic E-state index is 13.4. The molecule has 0 aliphatic carbocycles. The summed E-state index contributed by atoms with van der Waals surface area (Å²) in [5.41, 5.74) is 0.584. The lowest BCUT2D eigenvalue weighted by Gasteiger charge is -2.04. The van der Waals surface area contributed by atoms with Crippen LogP contribution in [0.4, 0.5) is 4.39 Å². The van der Waals surface area contributed by atoms with Crippen molar-refractivity contribution in [2.45, 2.75) is 13.5 Å². The first-order valence-corrected chi connectivity index (χ1v) is 6.01. The Morgan fingerprint density at radius 2 is 2.28 bits per heavy atom. The van der Waals surface area contributed by atoms with Crippen LogP contribution in [0, 0.1) is 12.7 Å². The molecule has 18 heavy (non-hydrogen) atoms. The molecular weight excluding hydrogens is 303 g/mol. The first-order chi connectivity index (χ1) is 8.56. The summed E-state index contributed by atoms with van der Waals surface area (Å²) in [5, 5.41) is 6.30. The smallest absolute Gasteiger partial charge is 0.254 e. The van der Waals surface area contributed by atoms with Crippen LogP contribution >= 0.6 is 15.9 Å². The summed E-state index contributed by atoms with van der Waals surface area (Å²) < 4.78 is 18.9. The second kappa shape index (κ2) is 5.30. The largest absolute Gasteiger partial charge is 0.361 e. The molecule has 0 aliphatic heterocycles. The van der Waals surface area contributed by atoms with Crippen molar-refractivity contribution in [2.24, 2.45) is 0 Å².